The highest BCUT2D eigenvalue weighted by Gasteiger charge is 2.09. The monoisotopic (exact) mass is 334 g/mol. The summed E-state index contributed by atoms with van der Waals surface area (Å²) in [6.45, 7) is 5.75. The van der Waals surface area contributed by atoms with E-state index in [9.17, 15) is 0 Å². The number of nitrogens with one attached hydrogen (secondary N) is 1. The van der Waals surface area contributed by atoms with Crippen molar-refractivity contribution in [3.8, 4) is 0 Å². The van der Waals surface area contributed by atoms with Crippen LogP contribution >= 0.6 is 0 Å². The molecule has 0 aliphatic carbocycles. The molecule has 3 heteroatoms. The first-order chi connectivity index (χ1) is 10.8. The Kier molecular flexibility index (Phi) is 9.70. The number of benzene rings is 1. The van der Waals surface area contributed by atoms with Gasteiger partial charge in [-0.1, -0.05) is 57.0 Å². The van der Waals surface area contributed by atoms with Gasteiger partial charge in [-0.25, -0.2) is 9.55 Å². The maximum Gasteiger partial charge on any atom is 0.254 e. The van der Waals surface area contributed by atoms with Crippen LogP contribution in [0.4, 0.5) is 0 Å². The number of nitrogens with zero attached hydrogens (tertiary/aromatic N) is 1. The van der Waals surface area contributed by atoms with Crippen molar-refractivity contribution in [2.24, 2.45) is 5.92 Å². The summed E-state index contributed by atoms with van der Waals surface area (Å²) in [5, 5.41) is 0. The summed E-state index contributed by atoms with van der Waals surface area (Å²) < 4.78 is 2.40. The summed E-state index contributed by atoms with van der Waals surface area (Å²) >= 11 is 0. The number of imidazole rings is 1. The maximum atomic E-state index is 3.42. The zero-order valence-corrected chi connectivity index (χ0v) is 15.4. The second kappa shape index (κ2) is 11.3. The highest BCUT2D eigenvalue weighted by atomic mass is 35.5. The molecular weight excluding hydrogens is 304 g/mol. The van der Waals surface area contributed by atoms with E-state index in [1.54, 1.807) is 0 Å². The second-order valence-electron chi connectivity index (χ2n) is 6.68. The third-order valence-corrected chi connectivity index (χ3v) is 4.25. The molecule has 128 valence electrons. The van der Waals surface area contributed by atoms with Gasteiger partial charge in [0.25, 0.3) is 5.82 Å². The topological polar surface area (TPSA) is 19.7 Å². The van der Waals surface area contributed by atoms with Crippen molar-refractivity contribution in [3.63, 3.8) is 0 Å². The van der Waals surface area contributed by atoms with Crippen LogP contribution in [-0.4, -0.2) is 4.98 Å². The van der Waals surface area contributed by atoms with Gasteiger partial charge in [0.05, 0.1) is 6.54 Å². The molecule has 2 aromatic rings. The van der Waals surface area contributed by atoms with Crippen LogP contribution < -0.4 is 17.0 Å². The van der Waals surface area contributed by atoms with Gasteiger partial charge < -0.3 is 12.4 Å². The van der Waals surface area contributed by atoms with E-state index in [2.05, 4.69) is 66.1 Å². The summed E-state index contributed by atoms with van der Waals surface area (Å²) in [4.78, 5) is 3.42. The molecule has 0 aliphatic heterocycles. The summed E-state index contributed by atoms with van der Waals surface area (Å²) in [6, 6.07) is 10.8. The lowest BCUT2D eigenvalue weighted by Crippen LogP contribution is -3.00. The smallest absolute Gasteiger partial charge is 0.254 e. The van der Waals surface area contributed by atoms with Crippen LogP contribution in [0.2, 0.25) is 0 Å². The molecule has 1 aromatic carbocycles. The number of hydrogen-bond acceptors (Lipinski definition) is 0. The molecule has 0 fully saturated rings. The number of H-pyrrole nitrogens is 1. The maximum absolute atomic E-state index is 3.42. The second-order valence-corrected chi connectivity index (χ2v) is 6.68. The number of aromatic nitrogens is 2. The highest BCUT2D eigenvalue weighted by Crippen LogP contribution is 2.08. The summed E-state index contributed by atoms with van der Waals surface area (Å²) in [6.07, 6.45) is 13.1. The van der Waals surface area contributed by atoms with E-state index in [0.29, 0.717) is 0 Å². The van der Waals surface area contributed by atoms with E-state index in [1.807, 2.05) is 0 Å². The predicted octanol–water partition coefficient (Wildman–Crippen LogP) is 1.70. The normalized spacial score (nSPS) is 10.7. The number of hydrogen-bond donors (Lipinski definition) is 1. The Hall–Kier alpha value is -1.28. The van der Waals surface area contributed by atoms with Gasteiger partial charge in [-0.15, -0.1) is 0 Å². The SMILES string of the molecule is CC(C)CCCCc1[nH]cc[n+]1CCCCc1ccccc1.[Cl-]. The summed E-state index contributed by atoms with van der Waals surface area (Å²) in [5.41, 5.74) is 1.45. The fourth-order valence-electron chi connectivity index (χ4n) is 2.92. The Morgan fingerprint density at radius 2 is 1.70 bits per heavy atom. The van der Waals surface area contributed by atoms with Gasteiger partial charge in [0.2, 0.25) is 0 Å². The van der Waals surface area contributed by atoms with E-state index in [1.165, 1.54) is 56.3 Å². The van der Waals surface area contributed by atoms with Gasteiger partial charge in [0, 0.05) is 6.42 Å². The Bertz CT molecular complexity index is 519. The zero-order chi connectivity index (χ0) is 15.6. The fourth-order valence-corrected chi connectivity index (χ4v) is 2.92. The Morgan fingerprint density at radius 1 is 0.957 bits per heavy atom. The van der Waals surface area contributed by atoms with Crippen molar-refractivity contribution < 1.29 is 17.0 Å². The van der Waals surface area contributed by atoms with E-state index in [4.69, 9.17) is 0 Å². The quantitative estimate of drug-likeness (QED) is 0.504. The largest absolute Gasteiger partial charge is 1.00 e. The van der Waals surface area contributed by atoms with Crippen molar-refractivity contribution in [3.05, 3.63) is 54.1 Å². The van der Waals surface area contributed by atoms with Crippen LogP contribution in [0.5, 0.6) is 0 Å². The fraction of sp³-hybridized carbons (Fsp3) is 0.550. The summed E-state index contributed by atoms with van der Waals surface area (Å²) in [5.74, 6) is 2.22. The lowest BCUT2D eigenvalue weighted by atomic mass is 10.1. The van der Waals surface area contributed by atoms with Gasteiger partial charge in [-0.3, -0.25) is 0 Å². The van der Waals surface area contributed by atoms with Crippen LogP contribution in [0.15, 0.2) is 42.7 Å². The van der Waals surface area contributed by atoms with E-state index in [0.717, 1.165) is 12.5 Å². The molecule has 1 N–H and O–H groups in total. The molecular formula is C20H31ClN2. The minimum atomic E-state index is 0. The van der Waals surface area contributed by atoms with Crippen molar-refractivity contribution in [2.45, 2.75) is 65.3 Å². The molecule has 0 bridgehead atoms. The molecule has 1 aromatic heterocycles. The van der Waals surface area contributed by atoms with E-state index in [-0.39, 0.29) is 12.4 Å². The van der Waals surface area contributed by atoms with Crippen molar-refractivity contribution in [2.75, 3.05) is 0 Å². The molecule has 23 heavy (non-hydrogen) atoms. The molecule has 0 saturated carbocycles. The predicted molar refractivity (Wildman–Crippen MR) is 92.8 cm³/mol. The number of aromatic amines is 1. The third kappa shape index (κ3) is 7.69. The molecule has 0 saturated heterocycles. The summed E-state index contributed by atoms with van der Waals surface area (Å²) in [7, 11) is 0. The third-order valence-electron chi connectivity index (χ3n) is 4.25. The highest BCUT2D eigenvalue weighted by molar-refractivity contribution is 5.14. The molecule has 0 spiro atoms. The van der Waals surface area contributed by atoms with Crippen molar-refractivity contribution >= 4 is 0 Å². The number of aryl methyl sites for hydroxylation is 3. The minimum Gasteiger partial charge on any atom is -1.00 e. The van der Waals surface area contributed by atoms with Gasteiger partial charge in [0.15, 0.2) is 0 Å². The Balaban J connectivity index is 0.00000264. The van der Waals surface area contributed by atoms with E-state index >= 15 is 0 Å². The Morgan fingerprint density at radius 3 is 2.43 bits per heavy atom. The molecule has 1 heterocycles. The number of rotatable bonds is 10. The van der Waals surface area contributed by atoms with E-state index < -0.39 is 0 Å². The van der Waals surface area contributed by atoms with Crippen LogP contribution in [0, 0.1) is 5.92 Å². The minimum absolute atomic E-state index is 0. The standard InChI is InChI=1S/C20H30N2.ClH/c1-18(2)10-6-7-14-20-21-15-17-22(20)16-9-8-13-19-11-4-3-5-12-19;/h3-5,11-12,15,17-18H,6-10,13-14,16H2,1-2H3;1H. The first-order valence-corrected chi connectivity index (χ1v) is 8.85. The van der Waals surface area contributed by atoms with Gasteiger partial charge >= 0.3 is 0 Å². The van der Waals surface area contributed by atoms with Gasteiger partial charge in [-0.05, 0) is 37.2 Å². The molecule has 0 unspecified atom stereocenters. The van der Waals surface area contributed by atoms with Gasteiger partial charge in [0.1, 0.15) is 12.4 Å². The zero-order valence-electron chi connectivity index (χ0n) is 14.6. The molecule has 0 radical (unpaired) electrons. The number of unbranched alkanes of at least 4 members (excludes halogenated alkanes) is 2. The average Bonchev–Trinajstić information content (AvgIpc) is 2.96. The molecule has 0 atom stereocenters. The van der Waals surface area contributed by atoms with Crippen molar-refractivity contribution in [1.29, 1.82) is 0 Å². The molecule has 2 nitrogen and oxygen atoms in total. The van der Waals surface area contributed by atoms with Crippen LogP contribution in [-0.2, 0) is 19.4 Å². The average molecular weight is 335 g/mol. The van der Waals surface area contributed by atoms with Crippen LogP contribution in [0.1, 0.15) is 57.3 Å². The molecule has 0 aliphatic rings. The lowest BCUT2D eigenvalue weighted by molar-refractivity contribution is -0.703. The van der Waals surface area contributed by atoms with Crippen LogP contribution in [0.25, 0.3) is 0 Å². The molecule has 0 amide bonds. The first-order valence-electron chi connectivity index (χ1n) is 8.85. The Labute approximate surface area is 147 Å². The molecule has 2 rings (SSSR count). The lowest BCUT2D eigenvalue weighted by Gasteiger charge is -2.04. The number of halogens is 1. The van der Waals surface area contributed by atoms with Gasteiger partial charge in [-0.2, -0.15) is 0 Å². The van der Waals surface area contributed by atoms with Crippen LogP contribution in [0.3, 0.4) is 0 Å². The first kappa shape index (κ1) is 19.8. The van der Waals surface area contributed by atoms with Crippen molar-refractivity contribution in [1.82, 2.24) is 4.98 Å².